The third kappa shape index (κ3) is 4.63. The highest BCUT2D eigenvalue weighted by molar-refractivity contribution is 6.32. The van der Waals surface area contributed by atoms with E-state index < -0.39 is 11.2 Å². The Morgan fingerprint density at radius 2 is 1.85 bits per heavy atom. The van der Waals surface area contributed by atoms with E-state index >= 15 is 0 Å². The van der Waals surface area contributed by atoms with Gasteiger partial charge in [0.05, 0.1) is 23.1 Å². The summed E-state index contributed by atoms with van der Waals surface area (Å²) in [4.78, 5) is 43.4. The van der Waals surface area contributed by atoms with E-state index in [4.69, 9.17) is 16.3 Å². The molecular weight excluding hydrogens is 442 g/mol. The Morgan fingerprint density at radius 3 is 2.55 bits per heavy atom. The van der Waals surface area contributed by atoms with Crippen LogP contribution in [0.4, 0.5) is 5.69 Å². The molecule has 0 fully saturated rings. The summed E-state index contributed by atoms with van der Waals surface area (Å²) >= 11 is 6.14. The molecule has 2 aromatic heterocycles. The fourth-order valence-electron chi connectivity index (χ4n) is 3.49. The summed E-state index contributed by atoms with van der Waals surface area (Å²) in [6.07, 6.45) is 1.40. The van der Waals surface area contributed by atoms with Gasteiger partial charge >= 0.3 is 0 Å². The Balaban J connectivity index is 1.73. The van der Waals surface area contributed by atoms with Crippen molar-refractivity contribution >= 4 is 40.0 Å². The first-order chi connectivity index (χ1) is 15.9. The molecule has 0 saturated heterocycles. The highest BCUT2D eigenvalue weighted by atomic mass is 35.5. The fraction of sp³-hybridized carbons (Fsp3) is 0.120. The zero-order chi connectivity index (χ0) is 23.5. The van der Waals surface area contributed by atoms with Crippen LogP contribution in [-0.4, -0.2) is 28.4 Å². The number of benzene rings is 2. The molecule has 0 aliphatic heterocycles. The van der Waals surface area contributed by atoms with Crippen molar-refractivity contribution in [2.75, 3.05) is 12.4 Å². The topological polar surface area (TPSA) is 90.3 Å². The number of carbonyl (C=O) groups excluding carboxylic acids is 2. The summed E-state index contributed by atoms with van der Waals surface area (Å²) < 4.78 is 6.64. The maximum absolute atomic E-state index is 13.1. The molecule has 2 aromatic carbocycles. The summed E-state index contributed by atoms with van der Waals surface area (Å²) in [6, 6.07) is 16.7. The number of methoxy groups -OCH3 is 1. The van der Waals surface area contributed by atoms with Crippen LogP contribution in [0.25, 0.3) is 11.0 Å². The first-order valence-electron chi connectivity index (χ1n) is 10.1. The van der Waals surface area contributed by atoms with E-state index in [2.05, 4.69) is 10.3 Å². The van der Waals surface area contributed by atoms with Crippen LogP contribution < -0.4 is 15.5 Å². The molecule has 4 aromatic rings. The maximum atomic E-state index is 13.1. The third-order valence-corrected chi connectivity index (χ3v) is 5.39. The maximum Gasteiger partial charge on any atom is 0.244 e. The van der Waals surface area contributed by atoms with Crippen LogP contribution in [0.5, 0.6) is 5.75 Å². The van der Waals surface area contributed by atoms with Gasteiger partial charge < -0.3 is 14.6 Å². The molecule has 4 rings (SSSR count). The molecule has 0 unspecified atom stereocenters. The van der Waals surface area contributed by atoms with Gasteiger partial charge in [-0.2, -0.15) is 0 Å². The summed E-state index contributed by atoms with van der Waals surface area (Å²) in [5.74, 6) is -0.299. The standard InChI is InChI=1S/C25H20ClN3O4/c1-15-8-10-18-24(32)19(23(31)16-6-4-3-5-7-16)13-29(25(18)27-15)14-22(30)28-17-9-11-21(33-2)20(26)12-17/h3-13H,14H2,1-2H3,(H,28,30). The first-order valence-corrected chi connectivity index (χ1v) is 10.5. The van der Waals surface area contributed by atoms with Crippen LogP contribution in [0, 0.1) is 6.92 Å². The van der Waals surface area contributed by atoms with Crippen LogP contribution >= 0.6 is 11.6 Å². The molecule has 2 heterocycles. The largest absolute Gasteiger partial charge is 0.495 e. The van der Waals surface area contributed by atoms with Gasteiger partial charge in [-0.1, -0.05) is 41.9 Å². The monoisotopic (exact) mass is 461 g/mol. The zero-order valence-corrected chi connectivity index (χ0v) is 18.7. The molecule has 8 heteroatoms. The lowest BCUT2D eigenvalue weighted by Crippen LogP contribution is -2.25. The number of fused-ring (bicyclic) bond motifs is 1. The minimum Gasteiger partial charge on any atom is -0.495 e. The van der Waals surface area contributed by atoms with Gasteiger partial charge in [0.25, 0.3) is 0 Å². The molecule has 7 nitrogen and oxygen atoms in total. The van der Waals surface area contributed by atoms with Gasteiger partial charge in [0.15, 0.2) is 5.78 Å². The van der Waals surface area contributed by atoms with E-state index in [1.165, 1.54) is 17.9 Å². The number of halogens is 1. The average Bonchev–Trinajstić information content (AvgIpc) is 2.81. The molecule has 0 aliphatic carbocycles. The number of aromatic nitrogens is 2. The van der Waals surface area contributed by atoms with Gasteiger partial charge in [-0.05, 0) is 37.3 Å². The number of rotatable bonds is 6. The van der Waals surface area contributed by atoms with Gasteiger partial charge in [0, 0.05) is 23.1 Å². The van der Waals surface area contributed by atoms with Gasteiger partial charge in [0.2, 0.25) is 11.3 Å². The van der Waals surface area contributed by atoms with Crippen LogP contribution in [0.3, 0.4) is 0 Å². The van der Waals surface area contributed by atoms with E-state index in [1.54, 1.807) is 67.6 Å². The number of anilines is 1. The first kappa shape index (κ1) is 22.2. The normalized spacial score (nSPS) is 10.8. The van der Waals surface area contributed by atoms with Gasteiger partial charge in [-0.25, -0.2) is 4.98 Å². The average molecular weight is 462 g/mol. The predicted octanol–water partition coefficient (Wildman–Crippen LogP) is 4.24. The summed E-state index contributed by atoms with van der Waals surface area (Å²) in [7, 11) is 1.50. The Hall–Kier alpha value is -3.97. The Bertz CT molecular complexity index is 1430. The number of nitrogens with zero attached hydrogens (tertiary/aromatic N) is 2. The number of hydrogen-bond acceptors (Lipinski definition) is 5. The van der Waals surface area contributed by atoms with Crippen molar-refractivity contribution in [1.82, 2.24) is 9.55 Å². The van der Waals surface area contributed by atoms with Crippen LogP contribution in [0.2, 0.25) is 5.02 Å². The van der Waals surface area contributed by atoms with Crippen LogP contribution in [0.1, 0.15) is 21.6 Å². The minimum atomic E-state index is -0.426. The van der Waals surface area contributed by atoms with Crippen LogP contribution in [0.15, 0.2) is 71.7 Å². The molecule has 0 radical (unpaired) electrons. The smallest absolute Gasteiger partial charge is 0.244 e. The quantitative estimate of drug-likeness (QED) is 0.434. The molecule has 1 N–H and O–H groups in total. The molecule has 166 valence electrons. The lowest BCUT2D eigenvalue weighted by atomic mass is 10.0. The van der Waals surface area contributed by atoms with E-state index in [0.717, 1.165) is 0 Å². The highest BCUT2D eigenvalue weighted by Crippen LogP contribution is 2.27. The van der Waals surface area contributed by atoms with Gasteiger partial charge in [0.1, 0.15) is 17.9 Å². The van der Waals surface area contributed by atoms with Gasteiger partial charge in [-0.15, -0.1) is 0 Å². The summed E-state index contributed by atoms with van der Waals surface area (Å²) in [5.41, 5.74) is 1.43. The van der Waals surface area contributed by atoms with Crippen molar-refractivity contribution in [3.63, 3.8) is 0 Å². The van der Waals surface area contributed by atoms with E-state index in [0.29, 0.717) is 33.4 Å². The van der Waals surface area contributed by atoms with Crippen LogP contribution in [-0.2, 0) is 11.3 Å². The SMILES string of the molecule is COc1ccc(NC(=O)Cn2cc(C(=O)c3ccccc3)c(=O)c3ccc(C)nc32)cc1Cl. The number of ether oxygens (including phenoxy) is 1. The molecule has 33 heavy (non-hydrogen) atoms. The second kappa shape index (κ2) is 9.26. The second-order valence-electron chi connectivity index (χ2n) is 7.42. The molecule has 0 bridgehead atoms. The van der Waals surface area contributed by atoms with Crippen molar-refractivity contribution in [2.24, 2.45) is 0 Å². The minimum absolute atomic E-state index is 0.0281. The highest BCUT2D eigenvalue weighted by Gasteiger charge is 2.19. The Labute approximate surface area is 194 Å². The molecular formula is C25H20ClN3O4. The number of aryl methyl sites for hydroxylation is 1. The lowest BCUT2D eigenvalue weighted by Gasteiger charge is -2.14. The zero-order valence-electron chi connectivity index (χ0n) is 18.0. The van der Waals surface area contributed by atoms with E-state index in [9.17, 15) is 14.4 Å². The number of carbonyl (C=O) groups is 2. The third-order valence-electron chi connectivity index (χ3n) is 5.09. The van der Waals surface area contributed by atoms with Crippen molar-refractivity contribution in [2.45, 2.75) is 13.5 Å². The second-order valence-corrected chi connectivity index (χ2v) is 7.82. The fourth-order valence-corrected chi connectivity index (χ4v) is 3.74. The Morgan fingerprint density at radius 1 is 1.09 bits per heavy atom. The Kier molecular flexibility index (Phi) is 6.24. The number of nitrogens with one attached hydrogen (secondary N) is 1. The molecule has 0 spiro atoms. The number of pyridine rings is 2. The lowest BCUT2D eigenvalue weighted by molar-refractivity contribution is -0.116. The number of ketones is 1. The number of hydrogen-bond donors (Lipinski definition) is 1. The van der Waals surface area contributed by atoms with E-state index in [-0.39, 0.29) is 23.4 Å². The van der Waals surface area contributed by atoms with E-state index in [1.807, 2.05) is 0 Å². The summed E-state index contributed by atoms with van der Waals surface area (Å²) in [6.45, 7) is 1.63. The van der Waals surface area contributed by atoms with Crippen molar-refractivity contribution in [1.29, 1.82) is 0 Å². The molecule has 0 atom stereocenters. The number of amides is 1. The molecule has 0 aliphatic rings. The van der Waals surface area contributed by atoms with Crippen molar-refractivity contribution in [3.8, 4) is 5.75 Å². The predicted molar refractivity (Wildman–Crippen MR) is 127 cm³/mol. The summed E-state index contributed by atoms with van der Waals surface area (Å²) in [5, 5.41) is 3.39. The molecule has 1 amide bonds. The van der Waals surface area contributed by atoms with Gasteiger partial charge in [-0.3, -0.25) is 14.4 Å². The van der Waals surface area contributed by atoms with Crippen molar-refractivity contribution in [3.05, 3.63) is 98.9 Å². The van der Waals surface area contributed by atoms with Crippen molar-refractivity contribution < 1.29 is 14.3 Å². The molecule has 0 saturated carbocycles.